The molecule has 0 radical (unpaired) electrons. The molecule has 1 fully saturated rings. The van der Waals surface area contributed by atoms with Crippen molar-refractivity contribution < 1.29 is 0 Å². The van der Waals surface area contributed by atoms with Gasteiger partial charge in [0, 0.05) is 25.2 Å². The van der Waals surface area contributed by atoms with Crippen molar-refractivity contribution in [1.29, 1.82) is 0 Å². The number of nitrogens with zero attached hydrogens (tertiary/aromatic N) is 2. The number of nitrogens with one attached hydrogen (secondary N) is 1. The zero-order valence-electron chi connectivity index (χ0n) is 13.8. The Balaban J connectivity index is 2.21. The third-order valence-electron chi connectivity index (χ3n) is 4.16. The van der Waals surface area contributed by atoms with Gasteiger partial charge in [0.1, 0.15) is 0 Å². The van der Waals surface area contributed by atoms with Crippen molar-refractivity contribution >= 4 is 0 Å². The van der Waals surface area contributed by atoms with Crippen molar-refractivity contribution in [1.82, 2.24) is 15.1 Å². The predicted molar refractivity (Wildman–Crippen MR) is 84.7 cm³/mol. The van der Waals surface area contributed by atoms with E-state index in [9.17, 15) is 0 Å². The highest BCUT2D eigenvalue weighted by molar-refractivity contribution is 4.80. The molecule has 114 valence electrons. The van der Waals surface area contributed by atoms with Crippen LogP contribution >= 0.6 is 0 Å². The molecule has 0 saturated carbocycles. The lowest BCUT2D eigenvalue weighted by atomic mass is 10.0. The molecule has 0 aromatic carbocycles. The van der Waals surface area contributed by atoms with Gasteiger partial charge in [-0.25, -0.2) is 0 Å². The van der Waals surface area contributed by atoms with Gasteiger partial charge in [-0.3, -0.25) is 0 Å². The van der Waals surface area contributed by atoms with Crippen LogP contribution in [-0.4, -0.2) is 61.2 Å². The minimum Gasteiger partial charge on any atom is -0.310 e. The molecular formula is C16H35N3. The van der Waals surface area contributed by atoms with Crippen molar-refractivity contribution in [2.75, 3.05) is 39.3 Å². The van der Waals surface area contributed by atoms with Gasteiger partial charge < -0.3 is 15.1 Å². The van der Waals surface area contributed by atoms with Crippen molar-refractivity contribution in [2.45, 2.75) is 59.5 Å². The van der Waals surface area contributed by atoms with Crippen LogP contribution in [0, 0.1) is 5.92 Å². The van der Waals surface area contributed by atoms with Gasteiger partial charge >= 0.3 is 0 Å². The van der Waals surface area contributed by atoms with Crippen LogP contribution in [0.2, 0.25) is 0 Å². The Morgan fingerprint density at radius 3 is 2.16 bits per heavy atom. The summed E-state index contributed by atoms with van der Waals surface area (Å²) in [5, 5.41) is 3.82. The summed E-state index contributed by atoms with van der Waals surface area (Å²) in [6, 6.07) is 1.34. The van der Waals surface area contributed by atoms with Crippen LogP contribution in [0.5, 0.6) is 0 Å². The summed E-state index contributed by atoms with van der Waals surface area (Å²) in [7, 11) is 0. The fraction of sp³-hybridized carbons (Fsp3) is 1.00. The number of likely N-dealkylation sites (N-methyl/N-ethyl adjacent to an activating group) is 1. The van der Waals surface area contributed by atoms with E-state index in [1.165, 1.54) is 39.0 Å². The maximum atomic E-state index is 3.82. The average molecular weight is 269 g/mol. The number of piperidine rings is 1. The Kier molecular flexibility index (Phi) is 7.96. The summed E-state index contributed by atoms with van der Waals surface area (Å²) >= 11 is 0. The first-order chi connectivity index (χ1) is 9.05. The van der Waals surface area contributed by atoms with Gasteiger partial charge in [0.05, 0.1) is 0 Å². The average Bonchev–Trinajstić information content (AvgIpc) is 2.37. The lowest BCUT2D eigenvalue weighted by Crippen LogP contribution is -2.49. The molecule has 1 rings (SSSR count). The van der Waals surface area contributed by atoms with Crippen LogP contribution in [0.1, 0.15) is 47.5 Å². The zero-order chi connectivity index (χ0) is 14.3. The number of hydrogen-bond donors (Lipinski definition) is 1. The van der Waals surface area contributed by atoms with Crippen LogP contribution in [0.4, 0.5) is 0 Å². The molecule has 1 heterocycles. The third-order valence-corrected chi connectivity index (χ3v) is 4.16. The Morgan fingerprint density at radius 2 is 1.68 bits per heavy atom. The van der Waals surface area contributed by atoms with Gasteiger partial charge in [0.25, 0.3) is 0 Å². The second kappa shape index (κ2) is 8.93. The maximum absolute atomic E-state index is 3.82. The van der Waals surface area contributed by atoms with Gasteiger partial charge in [-0.1, -0.05) is 27.7 Å². The SMILES string of the molecule is CCN(CC)CC(C)NC1CCN(CC(C)C)CC1. The normalized spacial score (nSPS) is 20.4. The summed E-state index contributed by atoms with van der Waals surface area (Å²) in [4.78, 5) is 5.13. The Hall–Kier alpha value is -0.120. The van der Waals surface area contributed by atoms with E-state index in [4.69, 9.17) is 0 Å². The van der Waals surface area contributed by atoms with E-state index in [1.807, 2.05) is 0 Å². The quantitative estimate of drug-likeness (QED) is 0.730. The van der Waals surface area contributed by atoms with Crippen molar-refractivity contribution in [3.63, 3.8) is 0 Å². The van der Waals surface area contributed by atoms with Crippen molar-refractivity contribution in [3.05, 3.63) is 0 Å². The molecule has 1 N–H and O–H groups in total. The largest absolute Gasteiger partial charge is 0.310 e. The van der Waals surface area contributed by atoms with E-state index < -0.39 is 0 Å². The Bertz CT molecular complexity index is 218. The van der Waals surface area contributed by atoms with E-state index in [2.05, 4.69) is 49.7 Å². The van der Waals surface area contributed by atoms with Crippen LogP contribution < -0.4 is 5.32 Å². The highest BCUT2D eigenvalue weighted by Gasteiger charge is 2.21. The van der Waals surface area contributed by atoms with Gasteiger partial charge in [0.15, 0.2) is 0 Å². The van der Waals surface area contributed by atoms with E-state index in [0.717, 1.165) is 25.0 Å². The monoisotopic (exact) mass is 269 g/mol. The molecule has 0 aromatic rings. The van der Waals surface area contributed by atoms with E-state index in [0.29, 0.717) is 6.04 Å². The second-order valence-electron chi connectivity index (χ2n) is 6.52. The van der Waals surface area contributed by atoms with E-state index in [1.54, 1.807) is 0 Å². The second-order valence-corrected chi connectivity index (χ2v) is 6.52. The summed E-state index contributed by atoms with van der Waals surface area (Å²) in [5.74, 6) is 0.797. The lowest BCUT2D eigenvalue weighted by molar-refractivity contribution is 0.168. The molecule has 1 saturated heterocycles. The molecule has 0 spiro atoms. The van der Waals surface area contributed by atoms with Gasteiger partial charge in [-0.2, -0.15) is 0 Å². The molecule has 1 unspecified atom stereocenters. The minimum absolute atomic E-state index is 0.613. The molecule has 0 amide bonds. The molecule has 3 nitrogen and oxygen atoms in total. The molecule has 1 aliphatic rings. The van der Waals surface area contributed by atoms with Crippen LogP contribution in [0.25, 0.3) is 0 Å². The summed E-state index contributed by atoms with van der Waals surface area (Å²) in [5.41, 5.74) is 0. The lowest BCUT2D eigenvalue weighted by Gasteiger charge is -2.35. The highest BCUT2D eigenvalue weighted by Crippen LogP contribution is 2.12. The molecule has 0 bridgehead atoms. The molecule has 1 atom stereocenters. The molecule has 0 aromatic heterocycles. The fourth-order valence-corrected chi connectivity index (χ4v) is 3.12. The minimum atomic E-state index is 0.613. The topological polar surface area (TPSA) is 18.5 Å². The van der Waals surface area contributed by atoms with Gasteiger partial charge in [-0.05, 0) is 51.9 Å². The smallest absolute Gasteiger partial charge is 0.0169 e. The number of likely N-dealkylation sites (tertiary alicyclic amines) is 1. The standard InChI is InChI=1S/C16H35N3/c1-6-18(7-2)13-15(5)17-16-8-10-19(11-9-16)12-14(3)4/h14-17H,6-13H2,1-5H3. The van der Waals surface area contributed by atoms with Gasteiger partial charge in [-0.15, -0.1) is 0 Å². The van der Waals surface area contributed by atoms with Gasteiger partial charge in [0.2, 0.25) is 0 Å². The van der Waals surface area contributed by atoms with Crippen LogP contribution in [-0.2, 0) is 0 Å². The van der Waals surface area contributed by atoms with E-state index in [-0.39, 0.29) is 0 Å². The maximum Gasteiger partial charge on any atom is 0.0169 e. The third kappa shape index (κ3) is 6.73. The van der Waals surface area contributed by atoms with Crippen molar-refractivity contribution in [3.8, 4) is 0 Å². The zero-order valence-corrected chi connectivity index (χ0v) is 13.8. The first-order valence-electron chi connectivity index (χ1n) is 8.25. The molecule has 1 aliphatic heterocycles. The Labute approximate surface area is 120 Å². The first-order valence-corrected chi connectivity index (χ1v) is 8.25. The Morgan fingerprint density at radius 1 is 1.11 bits per heavy atom. The first kappa shape index (κ1) is 16.9. The van der Waals surface area contributed by atoms with Crippen molar-refractivity contribution in [2.24, 2.45) is 5.92 Å². The predicted octanol–water partition coefficient (Wildman–Crippen LogP) is 2.43. The summed E-state index contributed by atoms with van der Waals surface area (Å²) in [6.07, 6.45) is 2.63. The highest BCUT2D eigenvalue weighted by atomic mass is 15.2. The molecule has 0 aliphatic carbocycles. The number of hydrogen-bond acceptors (Lipinski definition) is 3. The molecule has 19 heavy (non-hydrogen) atoms. The van der Waals surface area contributed by atoms with E-state index >= 15 is 0 Å². The molecular weight excluding hydrogens is 234 g/mol. The van der Waals surface area contributed by atoms with Crippen LogP contribution in [0.15, 0.2) is 0 Å². The summed E-state index contributed by atoms with van der Waals surface area (Å²) < 4.78 is 0. The molecule has 3 heteroatoms. The fourth-order valence-electron chi connectivity index (χ4n) is 3.12. The van der Waals surface area contributed by atoms with Crippen LogP contribution in [0.3, 0.4) is 0 Å². The number of rotatable bonds is 8. The summed E-state index contributed by atoms with van der Waals surface area (Å²) in [6.45, 7) is 18.8.